The van der Waals surface area contributed by atoms with E-state index in [1.54, 1.807) is 6.33 Å². The molecule has 24 heavy (non-hydrogen) atoms. The molecule has 1 fully saturated rings. The zero-order chi connectivity index (χ0) is 16.4. The summed E-state index contributed by atoms with van der Waals surface area (Å²) in [4.78, 5) is 14.6. The van der Waals surface area contributed by atoms with Crippen molar-refractivity contribution in [2.75, 3.05) is 23.3 Å². The summed E-state index contributed by atoms with van der Waals surface area (Å²) in [6.45, 7) is 5.20. The highest BCUT2D eigenvalue weighted by molar-refractivity contribution is 5.80. The number of rotatable bonds is 4. The number of aromatic nitrogens is 3. The van der Waals surface area contributed by atoms with Crippen molar-refractivity contribution in [2.24, 2.45) is 5.92 Å². The van der Waals surface area contributed by atoms with Crippen LogP contribution in [0.4, 0.5) is 11.6 Å². The van der Waals surface area contributed by atoms with E-state index in [1.165, 1.54) is 23.7 Å². The van der Waals surface area contributed by atoms with Gasteiger partial charge in [0.15, 0.2) is 0 Å². The average Bonchev–Trinajstić information content (AvgIpc) is 3.03. The summed E-state index contributed by atoms with van der Waals surface area (Å²) in [6.07, 6.45) is 4.21. The Morgan fingerprint density at radius 3 is 3.04 bits per heavy atom. The smallest absolute Gasteiger partial charge is 0.134 e. The fourth-order valence-corrected chi connectivity index (χ4v) is 3.43. The summed E-state index contributed by atoms with van der Waals surface area (Å²) in [5.74, 6) is 2.63. The third kappa shape index (κ3) is 3.20. The molecule has 1 aromatic carbocycles. The molecule has 2 N–H and O–H groups in total. The zero-order valence-corrected chi connectivity index (χ0v) is 14.0. The largest absolute Gasteiger partial charge is 0.364 e. The normalized spacial score (nSPS) is 18.0. The molecular weight excluding hydrogens is 298 g/mol. The van der Waals surface area contributed by atoms with Gasteiger partial charge in [-0.05, 0) is 36.3 Å². The monoisotopic (exact) mass is 321 g/mol. The molecule has 3 aromatic rings. The van der Waals surface area contributed by atoms with E-state index in [-0.39, 0.29) is 0 Å². The van der Waals surface area contributed by atoms with Gasteiger partial charge in [0.05, 0.1) is 6.54 Å². The van der Waals surface area contributed by atoms with E-state index >= 15 is 0 Å². The number of piperidine rings is 1. The van der Waals surface area contributed by atoms with E-state index in [0.717, 1.165) is 42.9 Å². The van der Waals surface area contributed by atoms with Crippen LogP contribution in [0.25, 0.3) is 10.9 Å². The minimum absolute atomic E-state index is 0.724. The molecule has 1 saturated heterocycles. The lowest BCUT2D eigenvalue weighted by atomic mass is 10.0. The first-order chi connectivity index (χ1) is 11.8. The molecule has 4 rings (SSSR count). The lowest BCUT2D eigenvalue weighted by Gasteiger charge is -2.31. The molecule has 0 radical (unpaired) electrons. The minimum Gasteiger partial charge on any atom is -0.364 e. The third-order valence-corrected chi connectivity index (χ3v) is 4.68. The molecular formula is C19H23N5. The lowest BCUT2D eigenvalue weighted by Crippen LogP contribution is -2.34. The SMILES string of the molecule is CC1CCCN(c2cc(NCc3cc4ccccc4[nH]3)ncn2)C1. The van der Waals surface area contributed by atoms with Crippen molar-refractivity contribution in [1.82, 2.24) is 15.0 Å². The maximum absolute atomic E-state index is 4.45. The summed E-state index contributed by atoms with van der Waals surface area (Å²) in [5, 5.41) is 4.64. The number of anilines is 2. The van der Waals surface area contributed by atoms with Crippen LogP contribution in [0, 0.1) is 5.92 Å². The average molecular weight is 321 g/mol. The first kappa shape index (κ1) is 15.0. The van der Waals surface area contributed by atoms with Crippen LogP contribution in [-0.2, 0) is 6.54 Å². The number of nitrogens with zero attached hydrogens (tertiary/aromatic N) is 3. The molecule has 0 amide bonds. The maximum Gasteiger partial charge on any atom is 0.134 e. The molecule has 3 heterocycles. The van der Waals surface area contributed by atoms with Crippen molar-refractivity contribution < 1.29 is 0 Å². The third-order valence-electron chi connectivity index (χ3n) is 4.68. The van der Waals surface area contributed by atoms with Crippen molar-refractivity contribution in [3.63, 3.8) is 0 Å². The Bertz CT molecular complexity index is 792. The van der Waals surface area contributed by atoms with Crippen LogP contribution < -0.4 is 10.2 Å². The Labute approximate surface area is 142 Å². The highest BCUT2D eigenvalue weighted by Crippen LogP contribution is 2.22. The standard InChI is InChI=1S/C19H23N5/c1-14-5-4-8-24(12-14)19-10-18(21-13-22-19)20-11-16-9-15-6-2-3-7-17(15)23-16/h2-3,6-7,9-10,13-14,23H,4-5,8,11-12H2,1H3,(H,20,21,22). The second-order valence-electron chi connectivity index (χ2n) is 6.69. The molecule has 2 aromatic heterocycles. The number of hydrogen-bond acceptors (Lipinski definition) is 4. The molecule has 1 aliphatic rings. The number of H-pyrrole nitrogens is 1. The first-order valence-corrected chi connectivity index (χ1v) is 8.65. The van der Waals surface area contributed by atoms with Crippen molar-refractivity contribution >= 4 is 22.5 Å². The summed E-state index contributed by atoms with van der Waals surface area (Å²) in [5.41, 5.74) is 2.32. The number of nitrogens with one attached hydrogen (secondary N) is 2. The van der Waals surface area contributed by atoms with Crippen molar-refractivity contribution in [1.29, 1.82) is 0 Å². The zero-order valence-electron chi connectivity index (χ0n) is 14.0. The van der Waals surface area contributed by atoms with Gasteiger partial charge < -0.3 is 15.2 Å². The van der Waals surface area contributed by atoms with Crippen molar-refractivity contribution in [2.45, 2.75) is 26.3 Å². The van der Waals surface area contributed by atoms with E-state index in [1.807, 2.05) is 6.07 Å². The number of fused-ring (bicyclic) bond motifs is 1. The predicted octanol–water partition coefficient (Wildman–Crippen LogP) is 3.81. The van der Waals surface area contributed by atoms with Crippen molar-refractivity contribution in [3.8, 4) is 0 Å². The predicted molar refractivity (Wildman–Crippen MR) is 98.3 cm³/mol. The van der Waals surface area contributed by atoms with Gasteiger partial charge in [-0.2, -0.15) is 0 Å². The van der Waals surface area contributed by atoms with Gasteiger partial charge in [-0.1, -0.05) is 25.1 Å². The number of benzene rings is 1. The molecule has 5 nitrogen and oxygen atoms in total. The quantitative estimate of drug-likeness (QED) is 0.767. The first-order valence-electron chi connectivity index (χ1n) is 8.65. The van der Waals surface area contributed by atoms with Crippen LogP contribution in [0.15, 0.2) is 42.7 Å². The van der Waals surface area contributed by atoms with Gasteiger partial charge in [0.1, 0.15) is 18.0 Å². The van der Waals surface area contributed by atoms with Gasteiger partial charge in [-0.3, -0.25) is 0 Å². The van der Waals surface area contributed by atoms with Crippen LogP contribution in [-0.4, -0.2) is 28.0 Å². The number of aromatic amines is 1. The van der Waals surface area contributed by atoms with Gasteiger partial charge in [0.25, 0.3) is 0 Å². The Hall–Kier alpha value is -2.56. The van der Waals surface area contributed by atoms with E-state index in [4.69, 9.17) is 0 Å². The van der Waals surface area contributed by atoms with E-state index in [2.05, 4.69) is 62.4 Å². The second kappa shape index (κ2) is 6.51. The number of hydrogen-bond donors (Lipinski definition) is 2. The van der Waals surface area contributed by atoms with E-state index < -0.39 is 0 Å². The van der Waals surface area contributed by atoms with Gasteiger partial charge in [0.2, 0.25) is 0 Å². The van der Waals surface area contributed by atoms with Crippen molar-refractivity contribution in [3.05, 3.63) is 48.4 Å². The summed E-state index contributed by atoms with van der Waals surface area (Å²) < 4.78 is 0. The molecule has 5 heteroatoms. The Morgan fingerprint density at radius 1 is 1.25 bits per heavy atom. The molecule has 1 unspecified atom stereocenters. The Balaban J connectivity index is 1.45. The fourth-order valence-electron chi connectivity index (χ4n) is 3.43. The highest BCUT2D eigenvalue weighted by Gasteiger charge is 2.17. The second-order valence-corrected chi connectivity index (χ2v) is 6.69. The summed E-state index contributed by atoms with van der Waals surface area (Å²) in [6, 6.07) is 12.6. The lowest BCUT2D eigenvalue weighted by molar-refractivity contribution is 0.444. The Morgan fingerprint density at radius 2 is 2.17 bits per heavy atom. The van der Waals surface area contributed by atoms with Gasteiger partial charge in [-0.25, -0.2) is 9.97 Å². The van der Waals surface area contributed by atoms with Gasteiger partial charge in [0, 0.05) is 30.4 Å². The number of para-hydroxylation sites is 1. The van der Waals surface area contributed by atoms with Crippen LogP contribution in [0.2, 0.25) is 0 Å². The molecule has 124 valence electrons. The fraction of sp³-hybridized carbons (Fsp3) is 0.368. The van der Waals surface area contributed by atoms with Crippen LogP contribution in [0.1, 0.15) is 25.5 Å². The van der Waals surface area contributed by atoms with E-state index in [0.29, 0.717) is 0 Å². The van der Waals surface area contributed by atoms with Gasteiger partial charge in [-0.15, -0.1) is 0 Å². The van der Waals surface area contributed by atoms with Crippen LogP contribution in [0.5, 0.6) is 0 Å². The maximum atomic E-state index is 4.45. The van der Waals surface area contributed by atoms with Crippen LogP contribution >= 0.6 is 0 Å². The van der Waals surface area contributed by atoms with Gasteiger partial charge >= 0.3 is 0 Å². The summed E-state index contributed by atoms with van der Waals surface area (Å²) >= 11 is 0. The molecule has 1 atom stereocenters. The minimum atomic E-state index is 0.724. The molecule has 0 aliphatic carbocycles. The molecule has 0 spiro atoms. The molecule has 1 aliphatic heterocycles. The molecule has 0 bridgehead atoms. The van der Waals surface area contributed by atoms with E-state index in [9.17, 15) is 0 Å². The molecule has 0 saturated carbocycles. The van der Waals surface area contributed by atoms with Crippen LogP contribution in [0.3, 0.4) is 0 Å². The highest BCUT2D eigenvalue weighted by atomic mass is 15.2. The topological polar surface area (TPSA) is 56.8 Å². The Kier molecular flexibility index (Phi) is 4.07. The summed E-state index contributed by atoms with van der Waals surface area (Å²) in [7, 11) is 0.